The molecule has 67 heavy (non-hydrogen) atoms. The Hall–Kier alpha value is -1.59. The third kappa shape index (κ3) is 53.6. The maximum absolute atomic E-state index is 12.9. The van der Waals surface area contributed by atoms with Crippen molar-refractivity contribution in [3.8, 4) is 0 Å². The minimum absolute atomic E-state index is 0.0624. The van der Waals surface area contributed by atoms with Crippen LogP contribution >= 0.6 is 0 Å². The third-order valence-electron chi connectivity index (χ3n) is 14.3. The van der Waals surface area contributed by atoms with E-state index in [1.54, 1.807) is 0 Å². The van der Waals surface area contributed by atoms with Crippen molar-refractivity contribution in [1.82, 2.24) is 0 Å². The van der Waals surface area contributed by atoms with Crippen LogP contribution in [0.15, 0.2) is 0 Å². The molecule has 0 saturated heterocycles. The zero-order valence-corrected chi connectivity index (χ0v) is 46.0. The van der Waals surface area contributed by atoms with E-state index in [4.69, 9.17) is 14.2 Å². The molecule has 398 valence electrons. The van der Waals surface area contributed by atoms with E-state index in [0.717, 1.165) is 69.6 Å². The summed E-state index contributed by atoms with van der Waals surface area (Å²) in [5, 5.41) is 0. The van der Waals surface area contributed by atoms with Gasteiger partial charge in [0.25, 0.3) is 0 Å². The van der Waals surface area contributed by atoms with Crippen LogP contribution in [0.3, 0.4) is 0 Å². The van der Waals surface area contributed by atoms with Crippen LogP contribution in [-0.4, -0.2) is 37.2 Å². The number of unbranched alkanes of at least 4 members (excludes halogenated alkanes) is 39. The fourth-order valence-corrected chi connectivity index (χ4v) is 9.37. The van der Waals surface area contributed by atoms with E-state index in [1.807, 2.05) is 0 Å². The molecule has 0 fully saturated rings. The zero-order valence-electron chi connectivity index (χ0n) is 46.0. The average Bonchev–Trinajstić information content (AvgIpc) is 3.31. The van der Waals surface area contributed by atoms with Crippen LogP contribution in [-0.2, 0) is 28.6 Å². The van der Waals surface area contributed by atoms with E-state index in [2.05, 4.69) is 34.6 Å². The van der Waals surface area contributed by atoms with Gasteiger partial charge in [0.05, 0.1) is 0 Å². The topological polar surface area (TPSA) is 78.9 Å². The highest BCUT2D eigenvalue weighted by atomic mass is 16.6. The Morgan fingerprint density at radius 3 is 0.851 bits per heavy atom. The minimum atomic E-state index is -0.763. The van der Waals surface area contributed by atoms with Crippen molar-refractivity contribution in [2.24, 2.45) is 11.8 Å². The van der Waals surface area contributed by atoms with Crippen molar-refractivity contribution < 1.29 is 28.6 Å². The number of esters is 3. The van der Waals surface area contributed by atoms with E-state index in [9.17, 15) is 14.4 Å². The Labute approximate surface area is 418 Å². The summed E-state index contributed by atoms with van der Waals surface area (Å²) in [5.74, 6) is 0.887. The standard InChI is InChI=1S/C61H118O6/c1-6-8-9-10-11-12-13-14-15-19-23-26-33-38-43-48-53-61(64)67-58(55-66-60(63)52-47-42-37-32-28-27-30-35-40-45-50-57(5)7-2)54-65-59(62)51-46-41-36-31-25-22-20-17-16-18-21-24-29-34-39-44-49-56(3)4/h56-58H,6-55H2,1-5H3/t57?,58-/m1/s1. The zero-order chi connectivity index (χ0) is 48.9. The first-order valence-electron chi connectivity index (χ1n) is 30.3. The van der Waals surface area contributed by atoms with Crippen LogP contribution in [0.2, 0.25) is 0 Å². The van der Waals surface area contributed by atoms with Crippen molar-refractivity contribution in [1.29, 1.82) is 0 Å². The highest BCUT2D eigenvalue weighted by molar-refractivity contribution is 5.71. The number of hydrogen-bond donors (Lipinski definition) is 0. The van der Waals surface area contributed by atoms with Gasteiger partial charge in [-0.25, -0.2) is 0 Å². The molecule has 0 radical (unpaired) electrons. The second-order valence-corrected chi connectivity index (χ2v) is 21.7. The van der Waals surface area contributed by atoms with Crippen LogP contribution < -0.4 is 0 Å². The molecular weight excluding hydrogens is 829 g/mol. The van der Waals surface area contributed by atoms with E-state index in [1.165, 1.54) is 231 Å². The smallest absolute Gasteiger partial charge is 0.306 e. The molecule has 0 amide bonds. The van der Waals surface area contributed by atoms with Gasteiger partial charge in [-0.1, -0.05) is 304 Å². The van der Waals surface area contributed by atoms with Crippen molar-refractivity contribution in [3.63, 3.8) is 0 Å². The Morgan fingerprint density at radius 2 is 0.567 bits per heavy atom. The largest absolute Gasteiger partial charge is 0.462 e. The first kappa shape index (κ1) is 65.4. The van der Waals surface area contributed by atoms with Gasteiger partial charge in [-0.05, 0) is 31.1 Å². The molecule has 1 unspecified atom stereocenters. The molecule has 0 spiro atoms. The summed E-state index contributed by atoms with van der Waals surface area (Å²) in [5.41, 5.74) is 0. The summed E-state index contributed by atoms with van der Waals surface area (Å²) in [6, 6.07) is 0. The molecule has 0 aliphatic carbocycles. The molecule has 0 aliphatic heterocycles. The summed E-state index contributed by atoms with van der Waals surface area (Å²) in [7, 11) is 0. The van der Waals surface area contributed by atoms with Crippen molar-refractivity contribution >= 4 is 17.9 Å². The summed E-state index contributed by atoms with van der Waals surface area (Å²) in [6.07, 6.45) is 58.0. The monoisotopic (exact) mass is 947 g/mol. The Morgan fingerprint density at radius 1 is 0.313 bits per heavy atom. The van der Waals surface area contributed by atoms with Gasteiger partial charge in [0, 0.05) is 19.3 Å². The van der Waals surface area contributed by atoms with Crippen LogP contribution in [0.4, 0.5) is 0 Å². The molecule has 0 aromatic carbocycles. The lowest BCUT2D eigenvalue weighted by Crippen LogP contribution is -2.30. The SMILES string of the molecule is CCCCCCCCCCCCCCCCCCC(=O)O[C@H](COC(=O)CCCCCCCCCCCCCCCCCCC(C)C)COC(=O)CCCCCCCCCCCCC(C)CC. The summed E-state index contributed by atoms with van der Waals surface area (Å²) in [4.78, 5) is 38.2. The van der Waals surface area contributed by atoms with Crippen molar-refractivity contribution in [2.75, 3.05) is 13.2 Å². The van der Waals surface area contributed by atoms with E-state index < -0.39 is 6.10 Å². The fourth-order valence-electron chi connectivity index (χ4n) is 9.37. The van der Waals surface area contributed by atoms with Gasteiger partial charge < -0.3 is 14.2 Å². The van der Waals surface area contributed by atoms with Crippen LogP contribution in [0.1, 0.15) is 343 Å². The molecule has 0 N–H and O–H groups in total. The van der Waals surface area contributed by atoms with Gasteiger partial charge >= 0.3 is 17.9 Å². The van der Waals surface area contributed by atoms with Gasteiger partial charge in [0.2, 0.25) is 0 Å². The van der Waals surface area contributed by atoms with Crippen LogP contribution in [0.5, 0.6) is 0 Å². The highest BCUT2D eigenvalue weighted by Gasteiger charge is 2.19. The normalized spacial score (nSPS) is 12.4. The molecule has 0 aromatic heterocycles. The molecule has 2 atom stereocenters. The molecule has 0 bridgehead atoms. The summed E-state index contributed by atoms with van der Waals surface area (Å²) < 4.78 is 16.9. The van der Waals surface area contributed by atoms with E-state index in [0.29, 0.717) is 19.3 Å². The number of carbonyl (C=O) groups excluding carboxylic acids is 3. The fraction of sp³-hybridized carbons (Fsp3) is 0.951. The third-order valence-corrected chi connectivity index (χ3v) is 14.3. The Balaban J connectivity index is 4.29. The Bertz CT molecular complexity index is 1030. The molecule has 6 nitrogen and oxygen atoms in total. The number of hydrogen-bond acceptors (Lipinski definition) is 6. The lowest BCUT2D eigenvalue weighted by Gasteiger charge is -2.18. The maximum atomic E-state index is 12.9. The number of rotatable bonds is 55. The minimum Gasteiger partial charge on any atom is -0.462 e. The molecule has 0 rings (SSSR count). The lowest BCUT2D eigenvalue weighted by atomic mass is 9.99. The highest BCUT2D eigenvalue weighted by Crippen LogP contribution is 2.19. The first-order valence-corrected chi connectivity index (χ1v) is 30.3. The lowest BCUT2D eigenvalue weighted by molar-refractivity contribution is -0.167. The predicted molar refractivity (Wildman–Crippen MR) is 289 cm³/mol. The summed E-state index contributed by atoms with van der Waals surface area (Å²) in [6.45, 7) is 11.5. The first-order chi connectivity index (χ1) is 32.8. The van der Waals surface area contributed by atoms with Gasteiger partial charge in [0.15, 0.2) is 6.10 Å². The van der Waals surface area contributed by atoms with Crippen LogP contribution in [0, 0.1) is 11.8 Å². The second-order valence-electron chi connectivity index (χ2n) is 21.7. The van der Waals surface area contributed by atoms with Crippen LogP contribution in [0.25, 0.3) is 0 Å². The van der Waals surface area contributed by atoms with Gasteiger partial charge in [-0.3, -0.25) is 14.4 Å². The van der Waals surface area contributed by atoms with E-state index in [-0.39, 0.29) is 31.1 Å². The molecule has 0 aromatic rings. The van der Waals surface area contributed by atoms with Gasteiger partial charge in [-0.15, -0.1) is 0 Å². The van der Waals surface area contributed by atoms with Gasteiger partial charge in [-0.2, -0.15) is 0 Å². The average molecular weight is 948 g/mol. The predicted octanol–water partition coefficient (Wildman–Crippen LogP) is 20.0. The molecular formula is C61H118O6. The quantitative estimate of drug-likeness (QED) is 0.0343. The summed E-state index contributed by atoms with van der Waals surface area (Å²) >= 11 is 0. The molecule has 0 aliphatic rings. The Kier molecular flexibility index (Phi) is 52.5. The second kappa shape index (κ2) is 53.8. The van der Waals surface area contributed by atoms with Crippen molar-refractivity contribution in [3.05, 3.63) is 0 Å². The maximum Gasteiger partial charge on any atom is 0.306 e. The number of carbonyl (C=O) groups is 3. The molecule has 6 heteroatoms. The van der Waals surface area contributed by atoms with Crippen molar-refractivity contribution in [2.45, 2.75) is 349 Å². The van der Waals surface area contributed by atoms with E-state index >= 15 is 0 Å². The van der Waals surface area contributed by atoms with Gasteiger partial charge in [0.1, 0.15) is 13.2 Å². The number of ether oxygens (including phenoxy) is 3. The molecule has 0 saturated carbocycles. The molecule has 0 heterocycles.